The van der Waals surface area contributed by atoms with Crippen LogP contribution in [0.1, 0.15) is 41.4 Å². The van der Waals surface area contributed by atoms with Gasteiger partial charge in [-0.2, -0.15) is 10.4 Å². The number of rotatable bonds is 7. The first kappa shape index (κ1) is 24.3. The molecule has 0 atom stereocenters. The molecule has 4 aromatic rings. The van der Waals surface area contributed by atoms with Gasteiger partial charge in [0.1, 0.15) is 35.7 Å². The zero-order chi connectivity index (χ0) is 25.8. The summed E-state index contributed by atoms with van der Waals surface area (Å²) >= 11 is 0. The Kier molecular flexibility index (Phi) is 7.01. The standard InChI is InChI=1S/C28H26FN5O3/c1-18-2-3-19(16-32-18)17-36-24-12-21(29)13-25(14-24)37-23-6-4-22(5-7-23)34-26(15-30)27(31)28(33-34)20-8-10-35-11-9-20/h2-7,12-14,16,20H,8-11,17,31H2,1H3. The molecule has 0 spiro atoms. The van der Waals surface area contributed by atoms with Gasteiger partial charge in [-0.1, -0.05) is 6.07 Å². The number of nitrogen functional groups attached to an aromatic ring is 1. The lowest BCUT2D eigenvalue weighted by molar-refractivity contribution is 0.0845. The van der Waals surface area contributed by atoms with E-state index in [4.69, 9.17) is 19.9 Å². The lowest BCUT2D eigenvalue weighted by Crippen LogP contribution is -2.15. The molecular formula is C28H26FN5O3. The topological polar surface area (TPSA) is 108 Å². The number of aromatic nitrogens is 3. The maximum Gasteiger partial charge on any atom is 0.167 e. The van der Waals surface area contributed by atoms with Gasteiger partial charge in [0, 0.05) is 54.8 Å². The van der Waals surface area contributed by atoms with Crippen LogP contribution in [0, 0.1) is 24.1 Å². The lowest BCUT2D eigenvalue weighted by atomic mass is 9.95. The minimum absolute atomic E-state index is 0.163. The Hall–Kier alpha value is -4.42. The van der Waals surface area contributed by atoms with Crippen LogP contribution in [0.5, 0.6) is 17.2 Å². The van der Waals surface area contributed by atoms with Crippen LogP contribution in [0.2, 0.25) is 0 Å². The van der Waals surface area contributed by atoms with Gasteiger partial charge in [0.25, 0.3) is 0 Å². The predicted octanol–water partition coefficient (Wildman–Crippen LogP) is 5.43. The van der Waals surface area contributed by atoms with Crippen molar-refractivity contribution in [2.45, 2.75) is 32.3 Å². The van der Waals surface area contributed by atoms with Gasteiger partial charge >= 0.3 is 0 Å². The Balaban J connectivity index is 1.31. The van der Waals surface area contributed by atoms with Gasteiger partial charge in [0.15, 0.2) is 5.69 Å². The number of benzene rings is 2. The van der Waals surface area contributed by atoms with E-state index in [2.05, 4.69) is 16.2 Å². The third-order valence-corrected chi connectivity index (χ3v) is 6.20. The molecule has 8 nitrogen and oxygen atoms in total. The summed E-state index contributed by atoms with van der Waals surface area (Å²) in [5.41, 5.74) is 10.2. The molecule has 0 unspecified atom stereocenters. The van der Waals surface area contributed by atoms with E-state index in [-0.39, 0.29) is 12.5 Å². The number of aryl methyl sites for hydroxylation is 1. The SMILES string of the molecule is Cc1ccc(COc2cc(F)cc(Oc3ccc(-n4nc(C5CCOCC5)c(N)c4C#N)cc3)c2)cn1. The Morgan fingerprint density at radius 2 is 1.84 bits per heavy atom. The average molecular weight is 500 g/mol. The first-order chi connectivity index (χ1) is 18.0. The van der Waals surface area contributed by atoms with Gasteiger partial charge in [-0.25, -0.2) is 9.07 Å². The largest absolute Gasteiger partial charge is 0.489 e. The van der Waals surface area contributed by atoms with E-state index in [1.165, 1.54) is 12.1 Å². The zero-order valence-corrected chi connectivity index (χ0v) is 20.4. The highest BCUT2D eigenvalue weighted by atomic mass is 19.1. The second-order valence-electron chi connectivity index (χ2n) is 8.87. The van der Waals surface area contributed by atoms with Crippen molar-refractivity contribution in [3.05, 3.63) is 89.3 Å². The third-order valence-electron chi connectivity index (χ3n) is 6.20. The summed E-state index contributed by atoms with van der Waals surface area (Å²) in [6, 6.07) is 17.2. The van der Waals surface area contributed by atoms with E-state index >= 15 is 0 Å². The number of hydrogen-bond acceptors (Lipinski definition) is 7. The van der Waals surface area contributed by atoms with Crippen LogP contribution in [-0.4, -0.2) is 28.0 Å². The molecule has 1 saturated heterocycles. The molecule has 9 heteroatoms. The van der Waals surface area contributed by atoms with E-state index in [1.54, 1.807) is 41.2 Å². The Morgan fingerprint density at radius 1 is 1.08 bits per heavy atom. The molecule has 37 heavy (non-hydrogen) atoms. The van der Waals surface area contributed by atoms with Crippen LogP contribution >= 0.6 is 0 Å². The summed E-state index contributed by atoms with van der Waals surface area (Å²) < 4.78 is 32.8. The minimum atomic E-state index is -0.475. The van der Waals surface area contributed by atoms with Gasteiger partial charge in [-0.05, 0) is 50.1 Å². The Bertz CT molecular complexity index is 1420. The van der Waals surface area contributed by atoms with E-state index in [0.29, 0.717) is 47.5 Å². The van der Waals surface area contributed by atoms with Gasteiger partial charge in [0.05, 0.1) is 17.1 Å². The number of nitrogens with zero attached hydrogens (tertiary/aromatic N) is 4. The van der Waals surface area contributed by atoms with Crippen molar-refractivity contribution in [1.82, 2.24) is 14.8 Å². The van der Waals surface area contributed by atoms with Gasteiger partial charge < -0.3 is 19.9 Å². The van der Waals surface area contributed by atoms with E-state index < -0.39 is 5.82 Å². The first-order valence-corrected chi connectivity index (χ1v) is 12.0. The summed E-state index contributed by atoms with van der Waals surface area (Å²) in [6.07, 6.45) is 3.37. The molecule has 1 fully saturated rings. The number of nitrogens with two attached hydrogens (primary N) is 1. The van der Waals surface area contributed by atoms with Crippen molar-refractivity contribution in [3.63, 3.8) is 0 Å². The molecule has 188 valence electrons. The van der Waals surface area contributed by atoms with Crippen LogP contribution in [0.25, 0.3) is 5.69 Å². The van der Waals surface area contributed by atoms with Crippen molar-refractivity contribution < 1.29 is 18.6 Å². The van der Waals surface area contributed by atoms with Crippen molar-refractivity contribution in [1.29, 1.82) is 5.26 Å². The zero-order valence-electron chi connectivity index (χ0n) is 20.4. The maximum absolute atomic E-state index is 14.2. The van der Waals surface area contributed by atoms with Crippen LogP contribution in [-0.2, 0) is 11.3 Å². The highest BCUT2D eigenvalue weighted by molar-refractivity contribution is 5.58. The van der Waals surface area contributed by atoms with Crippen molar-refractivity contribution >= 4 is 5.69 Å². The molecule has 2 N–H and O–H groups in total. The molecule has 2 aromatic heterocycles. The highest BCUT2D eigenvalue weighted by Crippen LogP contribution is 2.33. The fraction of sp³-hybridized carbons (Fsp3) is 0.250. The summed E-state index contributed by atoms with van der Waals surface area (Å²) in [5.74, 6) is 0.825. The third kappa shape index (κ3) is 5.55. The van der Waals surface area contributed by atoms with Crippen LogP contribution < -0.4 is 15.2 Å². The number of hydrogen-bond donors (Lipinski definition) is 1. The first-order valence-electron chi connectivity index (χ1n) is 12.0. The van der Waals surface area contributed by atoms with Crippen molar-refractivity contribution in [3.8, 4) is 29.0 Å². The van der Waals surface area contributed by atoms with Crippen LogP contribution in [0.4, 0.5) is 10.1 Å². The second kappa shape index (κ2) is 10.7. The van der Waals surface area contributed by atoms with Crippen LogP contribution in [0.15, 0.2) is 60.8 Å². The van der Waals surface area contributed by atoms with E-state index in [0.717, 1.165) is 29.8 Å². The number of pyridine rings is 1. The summed E-state index contributed by atoms with van der Waals surface area (Å²) in [4.78, 5) is 4.24. The molecule has 0 radical (unpaired) electrons. The molecule has 0 amide bonds. The van der Waals surface area contributed by atoms with Gasteiger partial charge in [0.2, 0.25) is 0 Å². The normalized spacial score (nSPS) is 13.8. The molecule has 3 heterocycles. The Morgan fingerprint density at radius 3 is 2.54 bits per heavy atom. The minimum Gasteiger partial charge on any atom is -0.489 e. The molecule has 0 saturated carbocycles. The lowest BCUT2D eigenvalue weighted by Gasteiger charge is -2.20. The highest BCUT2D eigenvalue weighted by Gasteiger charge is 2.25. The number of ether oxygens (including phenoxy) is 3. The van der Waals surface area contributed by atoms with Crippen molar-refractivity contribution in [2.24, 2.45) is 0 Å². The number of halogens is 1. The summed E-state index contributed by atoms with van der Waals surface area (Å²) in [5, 5.41) is 14.4. The smallest absolute Gasteiger partial charge is 0.167 e. The molecule has 0 bridgehead atoms. The maximum atomic E-state index is 14.2. The molecule has 1 aliphatic heterocycles. The quantitative estimate of drug-likeness (QED) is 0.361. The summed E-state index contributed by atoms with van der Waals surface area (Å²) in [7, 11) is 0. The van der Waals surface area contributed by atoms with Crippen LogP contribution in [0.3, 0.4) is 0 Å². The van der Waals surface area contributed by atoms with E-state index in [1.807, 2.05) is 19.1 Å². The second-order valence-corrected chi connectivity index (χ2v) is 8.87. The van der Waals surface area contributed by atoms with Crippen molar-refractivity contribution in [2.75, 3.05) is 18.9 Å². The fourth-order valence-electron chi connectivity index (χ4n) is 4.24. The number of anilines is 1. The van der Waals surface area contributed by atoms with Gasteiger partial charge in [-0.3, -0.25) is 4.98 Å². The Labute approximate surface area is 214 Å². The molecule has 5 rings (SSSR count). The van der Waals surface area contributed by atoms with E-state index in [9.17, 15) is 9.65 Å². The monoisotopic (exact) mass is 499 g/mol. The molecule has 2 aromatic carbocycles. The average Bonchev–Trinajstić information content (AvgIpc) is 3.25. The molecular weight excluding hydrogens is 473 g/mol. The molecule has 1 aliphatic rings. The predicted molar refractivity (Wildman–Crippen MR) is 135 cm³/mol. The van der Waals surface area contributed by atoms with Gasteiger partial charge in [-0.15, -0.1) is 0 Å². The molecule has 0 aliphatic carbocycles. The number of nitriles is 1. The fourth-order valence-corrected chi connectivity index (χ4v) is 4.24. The summed E-state index contributed by atoms with van der Waals surface area (Å²) in [6.45, 7) is 3.47.